The van der Waals surface area contributed by atoms with E-state index in [0.29, 0.717) is 5.56 Å². The van der Waals surface area contributed by atoms with E-state index in [1.165, 1.54) is 0 Å². The van der Waals surface area contributed by atoms with Crippen molar-refractivity contribution in [3.63, 3.8) is 0 Å². The Morgan fingerprint density at radius 1 is 1.21 bits per heavy atom. The summed E-state index contributed by atoms with van der Waals surface area (Å²) in [6.07, 6.45) is 0. The van der Waals surface area contributed by atoms with Crippen LogP contribution in [0.1, 0.15) is 5.56 Å². The van der Waals surface area contributed by atoms with E-state index in [9.17, 15) is 0 Å². The largest absolute Gasteiger partial charge is 0.382 e. The molecule has 0 amide bonds. The second-order valence-corrected chi connectivity index (χ2v) is 4.84. The number of nitrogens with zero attached hydrogens (tertiary/aromatic N) is 2. The fraction of sp³-hybridized carbons (Fsp3) is 0.133. The molecule has 0 fully saturated rings. The summed E-state index contributed by atoms with van der Waals surface area (Å²) < 4.78 is 0. The molecule has 0 aliphatic carbocycles. The van der Waals surface area contributed by atoms with Crippen LogP contribution in [0.2, 0.25) is 5.02 Å². The highest BCUT2D eigenvalue weighted by atomic mass is 35.5. The van der Waals surface area contributed by atoms with Crippen molar-refractivity contribution in [3.8, 4) is 6.07 Å². The van der Waals surface area contributed by atoms with Gasteiger partial charge in [0, 0.05) is 23.8 Å². The van der Waals surface area contributed by atoms with Gasteiger partial charge in [-0.3, -0.25) is 0 Å². The van der Waals surface area contributed by atoms with Gasteiger partial charge in [0.15, 0.2) is 0 Å². The highest BCUT2D eigenvalue weighted by molar-refractivity contribution is 6.30. The van der Waals surface area contributed by atoms with Crippen LogP contribution < -0.4 is 10.2 Å². The molecule has 1 heterocycles. The van der Waals surface area contributed by atoms with E-state index < -0.39 is 0 Å². The Kier molecular flexibility index (Phi) is 3.02. The van der Waals surface area contributed by atoms with Crippen LogP contribution >= 0.6 is 11.6 Å². The minimum atomic E-state index is 0.666. The van der Waals surface area contributed by atoms with Crippen LogP contribution in [0.5, 0.6) is 0 Å². The van der Waals surface area contributed by atoms with Crippen LogP contribution in [0.15, 0.2) is 42.5 Å². The predicted octanol–water partition coefficient (Wildman–Crippen LogP) is 3.78. The highest BCUT2D eigenvalue weighted by Gasteiger charge is 2.18. The molecular formula is C15H12ClN3. The predicted molar refractivity (Wildman–Crippen MR) is 78.1 cm³/mol. The van der Waals surface area contributed by atoms with Crippen LogP contribution in [0, 0.1) is 11.3 Å². The van der Waals surface area contributed by atoms with Crippen molar-refractivity contribution >= 4 is 28.7 Å². The van der Waals surface area contributed by atoms with Crippen molar-refractivity contribution < 1.29 is 0 Å². The van der Waals surface area contributed by atoms with Crippen molar-refractivity contribution in [2.75, 3.05) is 23.3 Å². The molecule has 0 saturated carbocycles. The molecule has 0 aromatic heterocycles. The first-order valence-corrected chi connectivity index (χ1v) is 6.47. The van der Waals surface area contributed by atoms with E-state index in [0.717, 1.165) is 35.2 Å². The number of nitrogens with one attached hydrogen (secondary N) is 1. The third-order valence-corrected chi connectivity index (χ3v) is 3.42. The Labute approximate surface area is 117 Å². The lowest BCUT2D eigenvalue weighted by molar-refractivity contribution is 0.926. The standard InChI is InChI=1S/C15H12ClN3/c16-12-2-1-3-13(9-12)19-7-6-18-14-8-11(10-17)4-5-15(14)19/h1-5,8-9,18H,6-7H2. The molecule has 0 bridgehead atoms. The van der Waals surface area contributed by atoms with Crippen LogP contribution in [0.3, 0.4) is 0 Å². The van der Waals surface area contributed by atoms with Crippen molar-refractivity contribution in [3.05, 3.63) is 53.1 Å². The molecule has 0 spiro atoms. The molecule has 2 aromatic carbocycles. The SMILES string of the molecule is N#Cc1ccc2c(c1)NCCN2c1cccc(Cl)c1. The average Bonchev–Trinajstić information content (AvgIpc) is 2.46. The number of nitriles is 1. The molecule has 19 heavy (non-hydrogen) atoms. The van der Waals surface area contributed by atoms with Gasteiger partial charge in [-0.1, -0.05) is 17.7 Å². The lowest BCUT2D eigenvalue weighted by Gasteiger charge is -2.32. The van der Waals surface area contributed by atoms with E-state index in [1.54, 1.807) is 0 Å². The van der Waals surface area contributed by atoms with Gasteiger partial charge >= 0.3 is 0 Å². The maximum absolute atomic E-state index is 8.95. The molecule has 1 N–H and O–H groups in total. The summed E-state index contributed by atoms with van der Waals surface area (Å²) in [4.78, 5) is 2.21. The third kappa shape index (κ3) is 2.23. The highest BCUT2D eigenvalue weighted by Crippen LogP contribution is 2.35. The van der Waals surface area contributed by atoms with Crippen LogP contribution in [0.25, 0.3) is 0 Å². The van der Waals surface area contributed by atoms with E-state index in [4.69, 9.17) is 16.9 Å². The molecule has 1 aliphatic heterocycles. The smallest absolute Gasteiger partial charge is 0.0992 e. The van der Waals surface area contributed by atoms with E-state index in [1.807, 2.05) is 42.5 Å². The average molecular weight is 270 g/mol. The molecule has 0 saturated heterocycles. The second-order valence-electron chi connectivity index (χ2n) is 4.40. The summed E-state index contributed by atoms with van der Waals surface area (Å²) in [5, 5.41) is 13.0. The summed E-state index contributed by atoms with van der Waals surface area (Å²) in [6, 6.07) is 15.7. The molecule has 0 unspecified atom stereocenters. The first kappa shape index (κ1) is 11.9. The number of hydrogen-bond donors (Lipinski definition) is 1. The summed E-state index contributed by atoms with van der Waals surface area (Å²) in [7, 11) is 0. The Bertz CT molecular complexity index is 661. The third-order valence-electron chi connectivity index (χ3n) is 3.19. The molecule has 0 radical (unpaired) electrons. The van der Waals surface area contributed by atoms with E-state index in [-0.39, 0.29) is 0 Å². The minimum Gasteiger partial charge on any atom is -0.382 e. The summed E-state index contributed by atoms with van der Waals surface area (Å²) in [5.74, 6) is 0. The topological polar surface area (TPSA) is 39.1 Å². The molecule has 3 nitrogen and oxygen atoms in total. The summed E-state index contributed by atoms with van der Waals surface area (Å²) in [5.41, 5.74) is 3.80. The second kappa shape index (κ2) is 4.83. The lowest BCUT2D eigenvalue weighted by atomic mass is 10.1. The van der Waals surface area contributed by atoms with Gasteiger partial charge in [0.2, 0.25) is 0 Å². The van der Waals surface area contributed by atoms with Crippen LogP contribution in [0.4, 0.5) is 17.1 Å². The van der Waals surface area contributed by atoms with Crippen LogP contribution in [-0.2, 0) is 0 Å². The van der Waals surface area contributed by atoms with Gasteiger partial charge < -0.3 is 10.2 Å². The normalized spacial score (nSPS) is 13.4. The number of fused-ring (bicyclic) bond motifs is 1. The molecule has 1 aliphatic rings. The van der Waals surface area contributed by atoms with Gasteiger partial charge in [-0.2, -0.15) is 5.26 Å². The lowest BCUT2D eigenvalue weighted by Crippen LogP contribution is -2.30. The first-order valence-electron chi connectivity index (χ1n) is 6.09. The molecule has 2 aromatic rings. The van der Waals surface area contributed by atoms with Gasteiger partial charge in [-0.15, -0.1) is 0 Å². The number of rotatable bonds is 1. The van der Waals surface area contributed by atoms with Crippen molar-refractivity contribution in [1.29, 1.82) is 5.26 Å². The Balaban J connectivity index is 2.06. The minimum absolute atomic E-state index is 0.666. The van der Waals surface area contributed by atoms with E-state index >= 15 is 0 Å². The summed E-state index contributed by atoms with van der Waals surface area (Å²) in [6.45, 7) is 1.72. The maximum atomic E-state index is 8.95. The number of benzene rings is 2. The number of anilines is 3. The van der Waals surface area contributed by atoms with Gasteiger partial charge in [0.25, 0.3) is 0 Å². The molecular weight excluding hydrogens is 258 g/mol. The maximum Gasteiger partial charge on any atom is 0.0992 e. The molecule has 4 heteroatoms. The van der Waals surface area contributed by atoms with E-state index in [2.05, 4.69) is 16.3 Å². The van der Waals surface area contributed by atoms with Gasteiger partial charge in [0.05, 0.1) is 23.0 Å². The molecule has 94 valence electrons. The van der Waals surface area contributed by atoms with Crippen molar-refractivity contribution in [2.24, 2.45) is 0 Å². The first-order chi connectivity index (χ1) is 9.28. The monoisotopic (exact) mass is 269 g/mol. The number of hydrogen-bond acceptors (Lipinski definition) is 3. The van der Waals surface area contributed by atoms with Crippen LogP contribution in [-0.4, -0.2) is 13.1 Å². The number of halogens is 1. The molecule has 0 atom stereocenters. The zero-order valence-electron chi connectivity index (χ0n) is 10.2. The zero-order valence-corrected chi connectivity index (χ0v) is 11.0. The van der Waals surface area contributed by atoms with Crippen molar-refractivity contribution in [2.45, 2.75) is 0 Å². The Hall–Kier alpha value is -2.18. The fourth-order valence-electron chi connectivity index (χ4n) is 2.32. The van der Waals surface area contributed by atoms with Gasteiger partial charge in [-0.25, -0.2) is 0 Å². The Morgan fingerprint density at radius 2 is 2.11 bits per heavy atom. The molecule has 3 rings (SSSR count). The van der Waals surface area contributed by atoms with Gasteiger partial charge in [-0.05, 0) is 36.4 Å². The zero-order chi connectivity index (χ0) is 13.2. The Morgan fingerprint density at radius 3 is 2.89 bits per heavy atom. The fourth-order valence-corrected chi connectivity index (χ4v) is 2.50. The quantitative estimate of drug-likeness (QED) is 0.856. The van der Waals surface area contributed by atoms with Gasteiger partial charge in [0.1, 0.15) is 0 Å². The van der Waals surface area contributed by atoms with Crippen molar-refractivity contribution in [1.82, 2.24) is 0 Å². The summed E-state index contributed by atoms with van der Waals surface area (Å²) >= 11 is 6.05.